The zero-order valence-corrected chi connectivity index (χ0v) is 11.1. The van der Waals surface area contributed by atoms with Gasteiger partial charge in [0.1, 0.15) is 5.76 Å². The summed E-state index contributed by atoms with van der Waals surface area (Å²) in [4.78, 5) is 11.2. The standard InChI is InChI=1S/C11H17BrN2O2/c1-8(2)11(15)14-6-5-13-7-9-3-4-10(12)16-9/h3-4,8,13H,5-7H2,1-2H3,(H,14,15). The molecule has 0 aliphatic carbocycles. The predicted molar refractivity (Wildman–Crippen MR) is 66.0 cm³/mol. The van der Waals surface area contributed by atoms with Crippen LogP contribution < -0.4 is 10.6 Å². The van der Waals surface area contributed by atoms with Crippen molar-refractivity contribution in [1.29, 1.82) is 0 Å². The van der Waals surface area contributed by atoms with E-state index in [1.54, 1.807) is 0 Å². The van der Waals surface area contributed by atoms with E-state index in [-0.39, 0.29) is 11.8 Å². The number of hydrogen-bond donors (Lipinski definition) is 2. The summed E-state index contributed by atoms with van der Waals surface area (Å²) in [5, 5.41) is 6.01. The number of carbonyl (C=O) groups excluding carboxylic acids is 1. The Hall–Kier alpha value is -0.810. The highest BCUT2D eigenvalue weighted by atomic mass is 79.9. The van der Waals surface area contributed by atoms with Gasteiger partial charge in [-0.25, -0.2) is 0 Å². The van der Waals surface area contributed by atoms with Crippen molar-refractivity contribution in [3.05, 3.63) is 22.6 Å². The SMILES string of the molecule is CC(C)C(=O)NCCNCc1ccc(Br)o1. The minimum atomic E-state index is 0.0426. The molecule has 0 bridgehead atoms. The minimum absolute atomic E-state index is 0.0426. The molecule has 0 unspecified atom stereocenters. The van der Waals surface area contributed by atoms with Gasteiger partial charge in [0, 0.05) is 19.0 Å². The second kappa shape index (κ2) is 6.70. The first-order valence-electron chi connectivity index (χ1n) is 5.32. The summed E-state index contributed by atoms with van der Waals surface area (Å²) >= 11 is 3.24. The monoisotopic (exact) mass is 288 g/mol. The maximum atomic E-state index is 11.2. The normalized spacial score (nSPS) is 10.8. The Morgan fingerprint density at radius 1 is 1.44 bits per heavy atom. The summed E-state index contributed by atoms with van der Waals surface area (Å²) in [5.41, 5.74) is 0. The molecule has 0 radical (unpaired) electrons. The topological polar surface area (TPSA) is 54.3 Å². The van der Waals surface area contributed by atoms with Crippen molar-refractivity contribution in [3.8, 4) is 0 Å². The van der Waals surface area contributed by atoms with Crippen LogP contribution in [0.15, 0.2) is 21.2 Å². The van der Waals surface area contributed by atoms with Crippen molar-refractivity contribution in [2.24, 2.45) is 5.92 Å². The summed E-state index contributed by atoms with van der Waals surface area (Å²) in [6, 6.07) is 3.77. The molecule has 1 heterocycles. The summed E-state index contributed by atoms with van der Waals surface area (Å²) in [6.07, 6.45) is 0. The second-order valence-corrected chi connectivity index (χ2v) is 4.61. The molecule has 0 aliphatic heterocycles. The van der Waals surface area contributed by atoms with Gasteiger partial charge in [-0.2, -0.15) is 0 Å². The number of hydrogen-bond acceptors (Lipinski definition) is 3. The van der Waals surface area contributed by atoms with Gasteiger partial charge in [-0.1, -0.05) is 13.8 Å². The van der Waals surface area contributed by atoms with Crippen LogP contribution in [-0.2, 0) is 11.3 Å². The highest BCUT2D eigenvalue weighted by Gasteiger charge is 2.04. The lowest BCUT2D eigenvalue weighted by molar-refractivity contribution is -0.123. The molecule has 0 saturated heterocycles. The molecule has 0 atom stereocenters. The Balaban J connectivity index is 2.06. The van der Waals surface area contributed by atoms with E-state index in [0.717, 1.165) is 17.0 Å². The molecule has 90 valence electrons. The molecular weight excluding hydrogens is 272 g/mol. The zero-order valence-electron chi connectivity index (χ0n) is 9.55. The third-order valence-electron chi connectivity index (χ3n) is 2.05. The molecule has 0 spiro atoms. The Labute approximate surface area is 104 Å². The van der Waals surface area contributed by atoms with Gasteiger partial charge in [0.15, 0.2) is 4.67 Å². The third kappa shape index (κ3) is 4.81. The number of halogens is 1. The molecule has 1 aromatic heterocycles. The highest BCUT2D eigenvalue weighted by molar-refractivity contribution is 9.10. The largest absolute Gasteiger partial charge is 0.453 e. The van der Waals surface area contributed by atoms with Crippen LogP contribution >= 0.6 is 15.9 Å². The van der Waals surface area contributed by atoms with E-state index in [2.05, 4.69) is 26.6 Å². The maximum Gasteiger partial charge on any atom is 0.222 e. The molecule has 5 heteroatoms. The van der Waals surface area contributed by atoms with Crippen molar-refractivity contribution in [2.75, 3.05) is 13.1 Å². The number of carbonyl (C=O) groups is 1. The van der Waals surface area contributed by atoms with Crippen LogP contribution in [0, 0.1) is 5.92 Å². The van der Waals surface area contributed by atoms with E-state index in [9.17, 15) is 4.79 Å². The van der Waals surface area contributed by atoms with Gasteiger partial charge >= 0.3 is 0 Å². The number of rotatable bonds is 6. The summed E-state index contributed by atoms with van der Waals surface area (Å²) < 4.78 is 6.05. The summed E-state index contributed by atoms with van der Waals surface area (Å²) in [6.45, 7) is 5.80. The molecule has 1 rings (SSSR count). The summed E-state index contributed by atoms with van der Waals surface area (Å²) in [5.74, 6) is 1.01. The van der Waals surface area contributed by atoms with Crippen LogP contribution in [0.3, 0.4) is 0 Å². The van der Waals surface area contributed by atoms with Crippen molar-refractivity contribution in [3.63, 3.8) is 0 Å². The van der Waals surface area contributed by atoms with E-state index in [1.165, 1.54) is 0 Å². The average Bonchev–Trinajstić information content (AvgIpc) is 2.63. The first kappa shape index (κ1) is 13.3. The molecule has 2 N–H and O–H groups in total. The Kier molecular flexibility index (Phi) is 5.55. The first-order valence-corrected chi connectivity index (χ1v) is 6.11. The van der Waals surface area contributed by atoms with Gasteiger partial charge in [-0.05, 0) is 28.1 Å². The van der Waals surface area contributed by atoms with Crippen molar-refractivity contribution >= 4 is 21.8 Å². The molecule has 0 aliphatic rings. The lowest BCUT2D eigenvalue weighted by atomic mass is 10.2. The Morgan fingerprint density at radius 2 is 2.19 bits per heavy atom. The van der Waals surface area contributed by atoms with E-state index in [1.807, 2.05) is 26.0 Å². The van der Waals surface area contributed by atoms with Gasteiger partial charge in [0.05, 0.1) is 6.54 Å². The predicted octanol–water partition coefficient (Wildman–Crippen LogP) is 1.90. The zero-order chi connectivity index (χ0) is 12.0. The highest BCUT2D eigenvalue weighted by Crippen LogP contribution is 2.13. The molecular formula is C11H17BrN2O2. The molecule has 1 amide bonds. The molecule has 4 nitrogen and oxygen atoms in total. The fourth-order valence-electron chi connectivity index (χ4n) is 1.14. The van der Waals surface area contributed by atoms with Gasteiger partial charge in [0.2, 0.25) is 5.91 Å². The minimum Gasteiger partial charge on any atom is -0.453 e. The van der Waals surface area contributed by atoms with Crippen LogP contribution in [0.1, 0.15) is 19.6 Å². The fraction of sp³-hybridized carbons (Fsp3) is 0.545. The van der Waals surface area contributed by atoms with Gasteiger partial charge in [-0.3, -0.25) is 4.79 Å². The van der Waals surface area contributed by atoms with Crippen LogP contribution in [0.4, 0.5) is 0 Å². The lowest BCUT2D eigenvalue weighted by Gasteiger charge is -2.07. The van der Waals surface area contributed by atoms with E-state index < -0.39 is 0 Å². The van der Waals surface area contributed by atoms with E-state index >= 15 is 0 Å². The fourth-order valence-corrected chi connectivity index (χ4v) is 1.48. The number of furan rings is 1. The van der Waals surface area contributed by atoms with E-state index in [4.69, 9.17) is 4.42 Å². The van der Waals surface area contributed by atoms with Crippen LogP contribution in [0.2, 0.25) is 0 Å². The van der Waals surface area contributed by atoms with Crippen molar-refractivity contribution in [2.45, 2.75) is 20.4 Å². The second-order valence-electron chi connectivity index (χ2n) is 3.83. The van der Waals surface area contributed by atoms with Crippen molar-refractivity contribution < 1.29 is 9.21 Å². The Bertz CT molecular complexity index is 336. The molecule has 16 heavy (non-hydrogen) atoms. The molecule has 0 fully saturated rings. The number of nitrogens with one attached hydrogen (secondary N) is 2. The quantitative estimate of drug-likeness (QED) is 0.786. The van der Waals surface area contributed by atoms with Gasteiger partial charge < -0.3 is 15.1 Å². The van der Waals surface area contributed by atoms with Gasteiger partial charge in [0.25, 0.3) is 0 Å². The maximum absolute atomic E-state index is 11.2. The van der Waals surface area contributed by atoms with Crippen LogP contribution in [0.25, 0.3) is 0 Å². The first-order chi connectivity index (χ1) is 7.59. The van der Waals surface area contributed by atoms with Gasteiger partial charge in [-0.15, -0.1) is 0 Å². The average molecular weight is 289 g/mol. The number of amides is 1. The lowest BCUT2D eigenvalue weighted by Crippen LogP contribution is -2.34. The van der Waals surface area contributed by atoms with Crippen LogP contribution in [0.5, 0.6) is 0 Å². The van der Waals surface area contributed by atoms with Crippen LogP contribution in [-0.4, -0.2) is 19.0 Å². The van der Waals surface area contributed by atoms with E-state index in [0.29, 0.717) is 13.1 Å². The van der Waals surface area contributed by atoms with Crippen molar-refractivity contribution in [1.82, 2.24) is 10.6 Å². The summed E-state index contributed by atoms with van der Waals surface area (Å²) in [7, 11) is 0. The smallest absolute Gasteiger partial charge is 0.222 e. The third-order valence-corrected chi connectivity index (χ3v) is 2.48. The molecule has 1 aromatic rings. The Morgan fingerprint density at radius 3 is 2.75 bits per heavy atom. The molecule has 0 saturated carbocycles. The molecule has 0 aromatic carbocycles.